The predicted molar refractivity (Wildman–Crippen MR) is 158 cm³/mol. The molecular formula is C31H42FN3O2S. The van der Waals surface area contributed by atoms with Crippen molar-refractivity contribution in [3.8, 4) is 0 Å². The molecule has 0 saturated carbocycles. The quantitative estimate of drug-likeness (QED) is 0.171. The van der Waals surface area contributed by atoms with Gasteiger partial charge in [-0.05, 0) is 74.6 Å². The molecule has 7 heteroatoms. The number of rotatable bonds is 11. The zero-order chi connectivity index (χ0) is 28.3. The van der Waals surface area contributed by atoms with Gasteiger partial charge in [-0.25, -0.2) is 4.39 Å². The molecule has 3 aromatic rings. The number of halogens is 1. The molecule has 2 atom stereocenters. The molecule has 0 bridgehead atoms. The van der Waals surface area contributed by atoms with Crippen LogP contribution in [0.5, 0.6) is 0 Å². The van der Waals surface area contributed by atoms with E-state index in [0.29, 0.717) is 24.9 Å². The Balaban J connectivity index is 0.000000432. The third kappa shape index (κ3) is 10.3. The van der Waals surface area contributed by atoms with Gasteiger partial charge in [-0.2, -0.15) is 12.6 Å². The van der Waals surface area contributed by atoms with Gasteiger partial charge in [0.05, 0.1) is 5.92 Å². The minimum atomic E-state index is -0.217. The number of amides is 2. The standard InChI is InChI=1S/C21H28N2O.C9H10FNO.CH4S/c1-5-19(17-11-8-7-9-12-17)20(18-13-10-14-22-15-18)21(24)23(6-2)16(3)4;10-9-4-2-1-3-8(9)5-6-11-7-12;1-2/h7-16,19-20H,5-6H2,1-4H3;1-4,7H,5-6H2,(H,11,12);2H,1H3. The van der Waals surface area contributed by atoms with Crippen molar-refractivity contribution in [2.24, 2.45) is 0 Å². The van der Waals surface area contributed by atoms with E-state index < -0.39 is 0 Å². The lowest BCUT2D eigenvalue weighted by molar-refractivity contribution is -0.135. The molecule has 3 rings (SSSR count). The Hall–Kier alpha value is -3.19. The van der Waals surface area contributed by atoms with Gasteiger partial charge in [-0.1, -0.05) is 61.5 Å². The first-order valence-electron chi connectivity index (χ1n) is 13.0. The fraction of sp³-hybridized carbons (Fsp3) is 0.387. The third-order valence-corrected chi connectivity index (χ3v) is 6.21. The van der Waals surface area contributed by atoms with Crippen molar-refractivity contribution in [1.29, 1.82) is 0 Å². The van der Waals surface area contributed by atoms with Crippen LogP contribution in [0.2, 0.25) is 0 Å². The second-order valence-electron chi connectivity index (χ2n) is 8.82. The van der Waals surface area contributed by atoms with Crippen LogP contribution in [0.15, 0.2) is 79.1 Å². The Labute approximate surface area is 233 Å². The number of hydrogen-bond donors (Lipinski definition) is 2. The average molecular weight is 540 g/mol. The van der Waals surface area contributed by atoms with Gasteiger partial charge in [0.1, 0.15) is 5.82 Å². The SMILES string of the molecule is CCC(c1ccccc1)C(C(=O)N(CC)C(C)C)c1cccnc1.CS.O=CNCCc1ccccc1F. The molecule has 206 valence electrons. The number of carbonyl (C=O) groups excluding carboxylic acids is 2. The fourth-order valence-corrected chi connectivity index (χ4v) is 4.39. The Morgan fingerprint density at radius 1 is 1.00 bits per heavy atom. The van der Waals surface area contributed by atoms with Crippen LogP contribution >= 0.6 is 12.6 Å². The summed E-state index contributed by atoms with van der Waals surface area (Å²) in [6.45, 7) is 9.54. The molecule has 1 aromatic heterocycles. The highest BCUT2D eigenvalue weighted by Gasteiger charge is 2.33. The molecule has 0 aliphatic heterocycles. The monoisotopic (exact) mass is 539 g/mol. The van der Waals surface area contributed by atoms with Crippen LogP contribution in [0.1, 0.15) is 62.6 Å². The topological polar surface area (TPSA) is 62.3 Å². The molecule has 2 unspecified atom stereocenters. The third-order valence-electron chi connectivity index (χ3n) is 6.21. The van der Waals surface area contributed by atoms with Crippen molar-refractivity contribution in [2.75, 3.05) is 19.3 Å². The number of hydrogen-bond acceptors (Lipinski definition) is 4. The summed E-state index contributed by atoms with van der Waals surface area (Å²) in [6.07, 6.45) is 7.34. The number of nitrogens with one attached hydrogen (secondary N) is 1. The van der Waals surface area contributed by atoms with Gasteiger partial charge in [-0.3, -0.25) is 14.6 Å². The summed E-state index contributed by atoms with van der Waals surface area (Å²) in [5, 5.41) is 2.48. The van der Waals surface area contributed by atoms with Crippen LogP contribution in [-0.4, -0.2) is 47.6 Å². The summed E-state index contributed by atoms with van der Waals surface area (Å²) >= 11 is 3.53. The number of likely N-dealkylation sites (N-methyl/N-ethyl adjacent to an activating group) is 1. The molecule has 1 heterocycles. The van der Waals surface area contributed by atoms with Gasteiger partial charge in [0.25, 0.3) is 0 Å². The second-order valence-corrected chi connectivity index (χ2v) is 8.82. The van der Waals surface area contributed by atoms with E-state index in [1.54, 1.807) is 30.7 Å². The van der Waals surface area contributed by atoms with Crippen LogP contribution < -0.4 is 5.32 Å². The smallest absolute Gasteiger partial charge is 0.231 e. The van der Waals surface area contributed by atoms with Gasteiger partial charge in [0.15, 0.2) is 0 Å². The van der Waals surface area contributed by atoms with Crippen molar-refractivity contribution >= 4 is 24.9 Å². The Morgan fingerprint density at radius 2 is 1.63 bits per heavy atom. The largest absolute Gasteiger partial charge is 0.358 e. The zero-order valence-electron chi connectivity index (χ0n) is 23.2. The van der Waals surface area contributed by atoms with E-state index in [-0.39, 0.29) is 29.6 Å². The highest BCUT2D eigenvalue weighted by molar-refractivity contribution is 7.79. The molecule has 2 aromatic carbocycles. The van der Waals surface area contributed by atoms with Crippen LogP contribution in [0.4, 0.5) is 4.39 Å². The van der Waals surface area contributed by atoms with E-state index in [2.05, 4.69) is 55.8 Å². The van der Waals surface area contributed by atoms with Crippen LogP contribution in [-0.2, 0) is 16.0 Å². The number of thiol groups is 1. The minimum absolute atomic E-state index is 0.149. The number of aromatic nitrogens is 1. The van der Waals surface area contributed by atoms with Crippen molar-refractivity contribution in [3.63, 3.8) is 0 Å². The maximum Gasteiger partial charge on any atom is 0.231 e. The van der Waals surface area contributed by atoms with Crippen molar-refractivity contribution in [1.82, 2.24) is 15.2 Å². The highest BCUT2D eigenvalue weighted by atomic mass is 32.1. The van der Waals surface area contributed by atoms with Crippen LogP contribution in [0.25, 0.3) is 0 Å². The maximum atomic E-state index is 13.4. The van der Waals surface area contributed by atoms with Gasteiger partial charge in [0, 0.05) is 31.5 Å². The van der Waals surface area contributed by atoms with Crippen LogP contribution in [0, 0.1) is 5.82 Å². The molecule has 2 amide bonds. The molecular weight excluding hydrogens is 497 g/mol. The van der Waals surface area contributed by atoms with Crippen molar-refractivity contribution < 1.29 is 14.0 Å². The normalized spacial score (nSPS) is 11.7. The molecule has 0 spiro atoms. The Bertz CT molecular complexity index is 1050. The van der Waals surface area contributed by atoms with E-state index in [0.717, 1.165) is 18.5 Å². The molecule has 0 fully saturated rings. The van der Waals surface area contributed by atoms with E-state index in [1.807, 2.05) is 48.4 Å². The predicted octanol–water partition coefficient (Wildman–Crippen LogP) is 6.28. The minimum Gasteiger partial charge on any atom is -0.358 e. The number of carbonyl (C=O) groups is 2. The maximum absolute atomic E-state index is 13.4. The number of pyridine rings is 1. The lowest BCUT2D eigenvalue weighted by atomic mass is 9.79. The first kappa shape index (κ1) is 32.8. The molecule has 0 aliphatic carbocycles. The zero-order valence-corrected chi connectivity index (χ0v) is 24.1. The summed E-state index contributed by atoms with van der Waals surface area (Å²) in [5.74, 6) is -0.0782. The van der Waals surface area contributed by atoms with Gasteiger partial charge >= 0.3 is 0 Å². The van der Waals surface area contributed by atoms with E-state index in [4.69, 9.17) is 0 Å². The highest BCUT2D eigenvalue weighted by Crippen LogP contribution is 2.37. The summed E-state index contributed by atoms with van der Waals surface area (Å²) < 4.78 is 12.9. The molecule has 5 nitrogen and oxygen atoms in total. The fourth-order valence-electron chi connectivity index (χ4n) is 4.39. The molecule has 1 N–H and O–H groups in total. The Kier molecular flexibility index (Phi) is 16.4. The number of benzene rings is 2. The van der Waals surface area contributed by atoms with Gasteiger partial charge in [-0.15, -0.1) is 0 Å². The lowest BCUT2D eigenvalue weighted by Gasteiger charge is -2.33. The van der Waals surface area contributed by atoms with E-state index >= 15 is 0 Å². The lowest BCUT2D eigenvalue weighted by Crippen LogP contribution is -2.41. The molecule has 38 heavy (non-hydrogen) atoms. The first-order valence-corrected chi connectivity index (χ1v) is 13.9. The average Bonchev–Trinajstić information content (AvgIpc) is 2.95. The van der Waals surface area contributed by atoms with Gasteiger partial charge < -0.3 is 10.2 Å². The van der Waals surface area contributed by atoms with Crippen molar-refractivity contribution in [3.05, 3.63) is 102 Å². The molecule has 0 radical (unpaired) electrons. The van der Waals surface area contributed by atoms with E-state index in [1.165, 1.54) is 11.6 Å². The number of nitrogens with zero attached hydrogens (tertiary/aromatic N) is 2. The van der Waals surface area contributed by atoms with E-state index in [9.17, 15) is 14.0 Å². The molecule has 0 aliphatic rings. The summed E-state index contributed by atoms with van der Waals surface area (Å²) in [6, 6.07) is 21.0. The van der Waals surface area contributed by atoms with Crippen LogP contribution in [0.3, 0.4) is 0 Å². The second kappa shape index (κ2) is 19.0. The molecule has 0 saturated heterocycles. The van der Waals surface area contributed by atoms with Crippen molar-refractivity contribution in [2.45, 2.75) is 58.4 Å². The summed E-state index contributed by atoms with van der Waals surface area (Å²) in [4.78, 5) is 29.5. The Morgan fingerprint density at radius 3 is 2.16 bits per heavy atom. The first-order chi connectivity index (χ1) is 18.4. The van der Waals surface area contributed by atoms with Gasteiger partial charge in [0.2, 0.25) is 12.3 Å². The summed E-state index contributed by atoms with van der Waals surface area (Å²) in [7, 11) is 0. The summed E-state index contributed by atoms with van der Waals surface area (Å²) in [5.41, 5.74) is 2.84.